The van der Waals surface area contributed by atoms with E-state index in [0.717, 1.165) is 32.1 Å². The molecule has 4 nitrogen and oxygen atoms in total. The Morgan fingerprint density at radius 3 is 2.06 bits per heavy atom. The van der Waals surface area contributed by atoms with Crippen LogP contribution in [0.5, 0.6) is 0 Å². The van der Waals surface area contributed by atoms with E-state index >= 15 is 0 Å². The number of fused-ring (bicyclic) bond motifs is 5. The monoisotopic (exact) mass is 536 g/mol. The Morgan fingerprint density at radius 1 is 0.886 bits per heavy atom. The van der Waals surface area contributed by atoms with Gasteiger partial charge < -0.3 is 13.3 Å². The molecule has 35 heavy (non-hydrogen) atoms. The summed E-state index contributed by atoms with van der Waals surface area (Å²) in [6, 6.07) is 0. The van der Waals surface area contributed by atoms with Gasteiger partial charge in [-0.15, -0.1) is 0 Å². The minimum absolute atomic E-state index is 0.00647. The van der Waals surface area contributed by atoms with Gasteiger partial charge in [0.15, 0.2) is 25.0 Å². The molecule has 4 aliphatic carbocycles. The van der Waals surface area contributed by atoms with Crippen molar-refractivity contribution >= 4 is 30.7 Å². The zero-order valence-corrected chi connectivity index (χ0v) is 27.4. The number of rotatable bonds is 6. The topological polar surface area (TPSA) is 44.8 Å². The third-order valence-corrected chi connectivity index (χ3v) is 12.2. The van der Waals surface area contributed by atoms with Gasteiger partial charge >= 0.3 is 0 Å². The van der Waals surface area contributed by atoms with Crippen molar-refractivity contribution < 1.29 is 18.1 Å². The largest absolute Gasteiger partial charge is 0.414 e. The van der Waals surface area contributed by atoms with Crippen LogP contribution in [0.15, 0.2) is 11.6 Å². The molecule has 0 N–H and O–H groups in total. The molecule has 0 heterocycles. The molecule has 7 heteroatoms. The van der Waals surface area contributed by atoms with E-state index in [4.69, 9.17) is 13.3 Å². The van der Waals surface area contributed by atoms with Crippen LogP contribution < -0.4 is 0 Å². The van der Waals surface area contributed by atoms with Crippen molar-refractivity contribution in [3.05, 3.63) is 11.6 Å². The smallest absolute Gasteiger partial charge is 0.184 e. The summed E-state index contributed by atoms with van der Waals surface area (Å²) in [5.74, 6) is 1.53. The van der Waals surface area contributed by atoms with Crippen molar-refractivity contribution in [2.75, 3.05) is 0 Å². The van der Waals surface area contributed by atoms with Crippen LogP contribution in [0, 0.1) is 28.6 Å². The first-order valence-corrected chi connectivity index (χ1v) is 24.3. The maximum atomic E-state index is 14.1. The standard InChI is InChI=1S/C28H52O4Si3/c1-27-15-14-20(30-33(3,4)5)16-19(27)12-13-21-22-17-24(31-34(6,7)8)26(32-35(9,10)11)28(22,2)18-23(29)25(21)27/h12,20-22,24-26H,13-18H2,1-11H3. The van der Waals surface area contributed by atoms with Gasteiger partial charge in [0.05, 0.1) is 12.2 Å². The van der Waals surface area contributed by atoms with E-state index in [1.54, 1.807) is 0 Å². The lowest BCUT2D eigenvalue weighted by Gasteiger charge is -2.57. The van der Waals surface area contributed by atoms with Crippen LogP contribution in [0.25, 0.3) is 0 Å². The van der Waals surface area contributed by atoms with Crippen LogP contribution in [0.4, 0.5) is 0 Å². The van der Waals surface area contributed by atoms with E-state index in [9.17, 15) is 4.79 Å². The van der Waals surface area contributed by atoms with Crippen molar-refractivity contribution in [2.45, 2.75) is 130 Å². The van der Waals surface area contributed by atoms with Crippen molar-refractivity contribution in [1.82, 2.24) is 0 Å². The van der Waals surface area contributed by atoms with E-state index < -0.39 is 25.0 Å². The summed E-state index contributed by atoms with van der Waals surface area (Å²) in [6.07, 6.45) is 8.92. The SMILES string of the molecule is CC12CCC(O[Si](C)(C)C)CC1=CCC1C2C(=O)CC2(C)C1CC(O[Si](C)(C)C)C2O[Si](C)(C)C. The molecule has 8 unspecified atom stereocenters. The predicted molar refractivity (Wildman–Crippen MR) is 152 cm³/mol. The van der Waals surface area contributed by atoms with Crippen LogP contribution in [-0.2, 0) is 18.1 Å². The number of hydrogen-bond acceptors (Lipinski definition) is 4. The molecule has 8 atom stereocenters. The molecule has 0 saturated heterocycles. The number of carbonyl (C=O) groups excluding carboxylic acids is 1. The first kappa shape index (κ1) is 28.0. The number of Topliss-reactive ketones (excluding diaryl/α,β-unsaturated/α-hetero) is 1. The minimum Gasteiger partial charge on any atom is -0.414 e. The highest BCUT2D eigenvalue weighted by molar-refractivity contribution is 6.70. The lowest BCUT2D eigenvalue weighted by atomic mass is 9.47. The van der Waals surface area contributed by atoms with Gasteiger partial charge in [-0.3, -0.25) is 4.79 Å². The first-order chi connectivity index (χ1) is 15.8. The Hall–Kier alpha value is -0.0594. The lowest BCUT2D eigenvalue weighted by Crippen LogP contribution is -2.57. The van der Waals surface area contributed by atoms with Gasteiger partial charge in [-0.1, -0.05) is 25.5 Å². The number of ketones is 1. The quantitative estimate of drug-likeness (QED) is 0.262. The molecule has 4 rings (SSSR count). The molecule has 4 aliphatic rings. The van der Waals surface area contributed by atoms with Crippen LogP contribution in [-0.4, -0.2) is 49.0 Å². The summed E-state index contributed by atoms with van der Waals surface area (Å²) in [5.41, 5.74) is 1.38. The fraction of sp³-hybridized carbons (Fsp3) is 0.893. The summed E-state index contributed by atoms with van der Waals surface area (Å²) >= 11 is 0. The third-order valence-electron chi connectivity index (χ3n) is 9.16. The normalized spacial score (nSPS) is 42.3. The summed E-state index contributed by atoms with van der Waals surface area (Å²) in [6.45, 7) is 25.3. The van der Waals surface area contributed by atoms with E-state index in [0.29, 0.717) is 30.1 Å². The Bertz CT molecular complexity index is 867. The van der Waals surface area contributed by atoms with E-state index in [-0.39, 0.29) is 29.0 Å². The van der Waals surface area contributed by atoms with Crippen molar-refractivity contribution in [2.24, 2.45) is 28.6 Å². The first-order valence-electron chi connectivity index (χ1n) is 14.1. The molecule has 3 saturated carbocycles. The van der Waals surface area contributed by atoms with Crippen molar-refractivity contribution in [1.29, 1.82) is 0 Å². The predicted octanol–water partition coefficient (Wildman–Crippen LogP) is 7.40. The average Bonchev–Trinajstić information content (AvgIpc) is 2.89. The average molecular weight is 537 g/mol. The maximum Gasteiger partial charge on any atom is 0.184 e. The summed E-state index contributed by atoms with van der Waals surface area (Å²) in [5, 5.41) is 0. The van der Waals surface area contributed by atoms with Crippen LogP contribution in [0.3, 0.4) is 0 Å². The Morgan fingerprint density at radius 2 is 1.49 bits per heavy atom. The molecule has 0 radical (unpaired) electrons. The Balaban J connectivity index is 1.65. The molecule has 0 aromatic rings. The van der Waals surface area contributed by atoms with Gasteiger partial charge in [-0.25, -0.2) is 0 Å². The summed E-state index contributed by atoms with van der Waals surface area (Å²) in [7, 11) is -5.11. The Kier molecular flexibility index (Phi) is 7.20. The van der Waals surface area contributed by atoms with Crippen molar-refractivity contribution in [3.8, 4) is 0 Å². The second-order valence-electron chi connectivity index (χ2n) is 15.5. The molecule has 0 amide bonds. The second kappa shape index (κ2) is 9.01. The molecule has 3 fully saturated rings. The third kappa shape index (κ3) is 5.56. The lowest BCUT2D eigenvalue weighted by molar-refractivity contribution is -0.147. The highest BCUT2D eigenvalue weighted by atomic mass is 28.4. The fourth-order valence-corrected chi connectivity index (χ4v) is 11.7. The zero-order chi connectivity index (χ0) is 26.2. The van der Waals surface area contributed by atoms with Gasteiger partial charge in [-0.05, 0) is 108 Å². The number of allylic oxidation sites excluding steroid dienone is 1. The highest BCUT2D eigenvalue weighted by Crippen LogP contribution is 2.65. The molecule has 200 valence electrons. The zero-order valence-electron chi connectivity index (χ0n) is 24.4. The number of carbonyl (C=O) groups is 1. The van der Waals surface area contributed by atoms with Gasteiger partial charge in [0.1, 0.15) is 5.78 Å². The second-order valence-corrected chi connectivity index (χ2v) is 28.9. The van der Waals surface area contributed by atoms with Crippen LogP contribution >= 0.6 is 0 Å². The molecule has 0 aliphatic heterocycles. The highest BCUT2D eigenvalue weighted by Gasteiger charge is 2.65. The van der Waals surface area contributed by atoms with Gasteiger partial charge in [-0.2, -0.15) is 0 Å². The molecule has 0 aromatic heterocycles. The summed E-state index contributed by atoms with van der Waals surface area (Å²) in [4.78, 5) is 14.1. The van der Waals surface area contributed by atoms with Crippen LogP contribution in [0.2, 0.25) is 58.9 Å². The van der Waals surface area contributed by atoms with E-state index in [1.165, 1.54) is 5.57 Å². The molecule has 0 aromatic carbocycles. The van der Waals surface area contributed by atoms with E-state index in [2.05, 4.69) is 78.8 Å². The van der Waals surface area contributed by atoms with Gasteiger partial charge in [0, 0.05) is 23.9 Å². The Labute approximate surface area is 218 Å². The van der Waals surface area contributed by atoms with Gasteiger partial charge in [0.2, 0.25) is 0 Å². The maximum absolute atomic E-state index is 14.1. The van der Waals surface area contributed by atoms with Crippen LogP contribution in [0.1, 0.15) is 52.4 Å². The minimum atomic E-state index is -1.80. The summed E-state index contributed by atoms with van der Waals surface area (Å²) < 4.78 is 20.3. The van der Waals surface area contributed by atoms with Crippen molar-refractivity contribution in [3.63, 3.8) is 0 Å². The van der Waals surface area contributed by atoms with Gasteiger partial charge in [0.25, 0.3) is 0 Å². The fourth-order valence-electron chi connectivity index (χ4n) is 8.17. The van der Waals surface area contributed by atoms with E-state index in [1.807, 2.05) is 0 Å². The molecule has 0 spiro atoms. The molecule has 0 bridgehead atoms. The molecular weight excluding hydrogens is 485 g/mol. The number of hydrogen-bond donors (Lipinski definition) is 0. The molecular formula is C28H52O4Si3.